The summed E-state index contributed by atoms with van der Waals surface area (Å²) in [5.41, 5.74) is 1.90. The summed E-state index contributed by atoms with van der Waals surface area (Å²) in [6.07, 6.45) is -0.558. The molecule has 2 aromatic carbocycles. The average Bonchev–Trinajstić information content (AvgIpc) is 3.05. The molecule has 8 nitrogen and oxygen atoms in total. The maximum Gasteiger partial charge on any atom is 0.320 e. The van der Waals surface area contributed by atoms with E-state index in [9.17, 15) is 9.59 Å². The summed E-state index contributed by atoms with van der Waals surface area (Å²) in [4.78, 5) is 28.3. The summed E-state index contributed by atoms with van der Waals surface area (Å²) in [7, 11) is -1.85. The zero-order chi connectivity index (χ0) is 28.1. The van der Waals surface area contributed by atoms with E-state index < -0.39 is 26.2 Å². The van der Waals surface area contributed by atoms with Crippen molar-refractivity contribution < 1.29 is 23.5 Å². The Morgan fingerprint density at radius 2 is 1.63 bits per heavy atom. The number of hydrogen-bond donors (Lipinski definition) is 2. The summed E-state index contributed by atoms with van der Waals surface area (Å²) < 4.78 is 17.6. The topological polar surface area (TPSA) is 89.1 Å². The summed E-state index contributed by atoms with van der Waals surface area (Å²) in [6, 6.07) is 14.6. The third-order valence-electron chi connectivity index (χ3n) is 7.42. The first-order chi connectivity index (χ1) is 17.8. The molecule has 0 radical (unpaired) electrons. The first-order valence-electron chi connectivity index (χ1n) is 13.3. The second kappa shape index (κ2) is 12.0. The summed E-state index contributed by atoms with van der Waals surface area (Å²) in [6.45, 7) is 18.3. The summed E-state index contributed by atoms with van der Waals surface area (Å²) >= 11 is 0. The minimum Gasteiger partial charge on any atom is -0.413 e. The van der Waals surface area contributed by atoms with Crippen LogP contribution in [-0.4, -0.2) is 46.3 Å². The standard InChI is InChI=1S/C29H43N3O5Si/c1-9-35-25(36-10-2)19-32-24-14-12-11-13-23(24)29(6,26(32)33)31-27(34)30-22-17-15-21(16-18-22)20-37-38(7,8)28(3,4)5/h11-18,25H,9-10,19-20H2,1-8H3,(H2,30,31,34). The number of amides is 3. The van der Waals surface area contributed by atoms with E-state index in [4.69, 9.17) is 13.9 Å². The molecule has 3 amide bonds. The van der Waals surface area contributed by atoms with Gasteiger partial charge in [0.05, 0.1) is 18.8 Å². The van der Waals surface area contributed by atoms with Gasteiger partial charge in [0.2, 0.25) is 0 Å². The van der Waals surface area contributed by atoms with Crippen LogP contribution in [0.4, 0.5) is 16.2 Å². The monoisotopic (exact) mass is 541 g/mol. The van der Waals surface area contributed by atoms with Crippen LogP contribution in [0.1, 0.15) is 52.7 Å². The van der Waals surface area contributed by atoms with Crippen LogP contribution in [0.5, 0.6) is 0 Å². The number of nitrogens with one attached hydrogen (secondary N) is 2. The molecule has 1 unspecified atom stereocenters. The number of ether oxygens (including phenoxy) is 2. The largest absolute Gasteiger partial charge is 0.413 e. The Kier molecular flexibility index (Phi) is 9.41. The van der Waals surface area contributed by atoms with Crippen molar-refractivity contribution in [3.8, 4) is 0 Å². The van der Waals surface area contributed by atoms with E-state index in [1.807, 2.05) is 62.4 Å². The first-order valence-corrected chi connectivity index (χ1v) is 16.2. The number of nitrogens with zero attached hydrogens (tertiary/aromatic N) is 1. The molecule has 0 bridgehead atoms. The Morgan fingerprint density at radius 1 is 1.03 bits per heavy atom. The van der Waals surface area contributed by atoms with E-state index in [2.05, 4.69) is 44.5 Å². The van der Waals surface area contributed by atoms with Gasteiger partial charge in [-0.25, -0.2) is 4.79 Å². The molecule has 0 saturated heterocycles. The maximum absolute atomic E-state index is 13.6. The van der Waals surface area contributed by atoms with Crippen molar-refractivity contribution in [2.45, 2.75) is 78.1 Å². The predicted octanol–water partition coefficient (Wildman–Crippen LogP) is 5.99. The maximum atomic E-state index is 13.6. The number of benzene rings is 2. The SMILES string of the molecule is CCOC(CN1C(=O)C(C)(NC(=O)Nc2ccc(CO[Si](C)(C)C(C)(C)C)cc2)c2ccccc21)OCC. The number of fused-ring (bicyclic) bond motifs is 1. The number of anilines is 2. The molecule has 2 aromatic rings. The number of rotatable bonds is 11. The highest BCUT2D eigenvalue weighted by molar-refractivity contribution is 6.74. The molecule has 1 atom stereocenters. The van der Waals surface area contributed by atoms with Gasteiger partial charge < -0.3 is 29.4 Å². The highest BCUT2D eigenvalue weighted by Gasteiger charge is 2.49. The molecule has 38 heavy (non-hydrogen) atoms. The van der Waals surface area contributed by atoms with Crippen molar-refractivity contribution in [3.05, 3.63) is 59.7 Å². The Morgan fingerprint density at radius 3 is 2.21 bits per heavy atom. The predicted molar refractivity (Wildman–Crippen MR) is 154 cm³/mol. The molecule has 9 heteroatoms. The van der Waals surface area contributed by atoms with Crippen molar-refractivity contribution in [2.75, 3.05) is 30.0 Å². The van der Waals surface area contributed by atoms with Crippen LogP contribution in [0.2, 0.25) is 18.1 Å². The minimum absolute atomic E-state index is 0.140. The third-order valence-corrected chi connectivity index (χ3v) is 11.9. The highest BCUT2D eigenvalue weighted by atomic mass is 28.4. The van der Waals surface area contributed by atoms with Crippen LogP contribution in [-0.2, 0) is 30.8 Å². The van der Waals surface area contributed by atoms with E-state index >= 15 is 0 Å². The fraction of sp³-hybridized carbons (Fsp3) is 0.517. The third kappa shape index (κ3) is 6.64. The van der Waals surface area contributed by atoms with Crippen LogP contribution >= 0.6 is 0 Å². The normalized spacial score (nSPS) is 17.6. The molecule has 2 N–H and O–H groups in total. The van der Waals surface area contributed by atoms with Gasteiger partial charge in [0.25, 0.3) is 5.91 Å². The number of para-hydroxylation sites is 1. The van der Waals surface area contributed by atoms with Crippen LogP contribution in [0.3, 0.4) is 0 Å². The van der Waals surface area contributed by atoms with Gasteiger partial charge in [0.1, 0.15) is 5.54 Å². The molecule has 3 rings (SSSR count). The number of hydrogen-bond acceptors (Lipinski definition) is 5. The summed E-state index contributed by atoms with van der Waals surface area (Å²) in [5, 5.41) is 5.91. The molecular weight excluding hydrogens is 498 g/mol. The Hall–Kier alpha value is -2.72. The van der Waals surface area contributed by atoms with Crippen LogP contribution in [0, 0.1) is 0 Å². The second-order valence-corrected chi connectivity index (χ2v) is 16.0. The van der Waals surface area contributed by atoms with Crippen LogP contribution in [0.25, 0.3) is 0 Å². The molecule has 0 aromatic heterocycles. The summed E-state index contributed by atoms with van der Waals surface area (Å²) in [5.74, 6) is -0.239. The fourth-order valence-electron chi connectivity index (χ4n) is 4.16. The van der Waals surface area contributed by atoms with Gasteiger partial charge in [-0.15, -0.1) is 0 Å². The van der Waals surface area contributed by atoms with E-state index in [0.717, 1.165) is 16.8 Å². The lowest BCUT2D eigenvalue weighted by Gasteiger charge is -2.36. The van der Waals surface area contributed by atoms with Crippen LogP contribution < -0.4 is 15.5 Å². The fourth-order valence-corrected chi connectivity index (χ4v) is 5.12. The zero-order valence-electron chi connectivity index (χ0n) is 24.0. The van der Waals surface area contributed by atoms with Gasteiger partial charge in [0.15, 0.2) is 14.6 Å². The quantitative estimate of drug-likeness (QED) is 0.269. The first kappa shape index (κ1) is 29.8. The lowest BCUT2D eigenvalue weighted by molar-refractivity contribution is -0.137. The average molecular weight is 542 g/mol. The lowest BCUT2D eigenvalue weighted by atomic mass is 9.94. The molecule has 0 spiro atoms. The molecule has 1 aliphatic heterocycles. The molecule has 208 valence electrons. The molecule has 1 heterocycles. The van der Waals surface area contributed by atoms with Gasteiger partial charge in [-0.3, -0.25) is 4.79 Å². The van der Waals surface area contributed by atoms with Gasteiger partial charge in [-0.1, -0.05) is 51.1 Å². The molecular formula is C29H43N3O5Si. The smallest absolute Gasteiger partial charge is 0.320 e. The van der Waals surface area contributed by atoms with Crippen molar-refractivity contribution in [2.24, 2.45) is 0 Å². The minimum atomic E-state index is -1.85. The zero-order valence-corrected chi connectivity index (χ0v) is 25.0. The molecule has 0 saturated carbocycles. The van der Waals surface area contributed by atoms with E-state index in [-0.39, 0.29) is 17.5 Å². The van der Waals surface area contributed by atoms with Gasteiger partial charge in [-0.05, 0) is 62.7 Å². The van der Waals surface area contributed by atoms with Crippen molar-refractivity contribution >= 4 is 31.6 Å². The Balaban J connectivity index is 1.69. The Labute approximate surface area is 228 Å². The molecule has 0 aliphatic carbocycles. The Bertz CT molecular complexity index is 1110. The number of carbonyl (C=O) groups excluding carboxylic acids is 2. The number of urea groups is 1. The van der Waals surface area contributed by atoms with Crippen molar-refractivity contribution in [3.63, 3.8) is 0 Å². The van der Waals surface area contributed by atoms with Gasteiger partial charge in [-0.2, -0.15) is 0 Å². The van der Waals surface area contributed by atoms with Gasteiger partial charge >= 0.3 is 6.03 Å². The number of carbonyl (C=O) groups is 2. The van der Waals surface area contributed by atoms with Gasteiger partial charge in [0, 0.05) is 24.5 Å². The molecule has 1 aliphatic rings. The van der Waals surface area contributed by atoms with Crippen LogP contribution in [0.15, 0.2) is 48.5 Å². The second-order valence-electron chi connectivity index (χ2n) is 11.2. The highest BCUT2D eigenvalue weighted by Crippen LogP contribution is 2.40. The van der Waals surface area contributed by atoms with E-state index in [1.165, 1.54) is 0 Å². The van der Waals surface area contributed by atoms with Crippen molar-refractivity contribution in [1.82, 2.24) is 5.32 Å². The molecule has 0 fully saturated rings. The lowest BCUT2D eigenvalue weighted by Crippen LogP contribution is -2.53. The van der Waals surface area contributed by atoms with E-state index in [1.54, 1.807) is 11.8 Å². The van der Waals surface area contributed by atoms with Crippen molar-refractivity contribution in [1.29, 1.82) is 0 Å². The van der Waals surface area contributed by atoms with E-state index in [0.29, 0.717) is 25.5 Å².